The van der Waals surface area contributed by atoms with Gasteiger partial charge in [-0.2, -0.15) is 0 Å². The van der Waals surface area contributed by atoms with E-state index >= 15 is 0 Å². The van der Waals surface area contributed by atoms with Crippen LogP contribution in [0.2, 0.25) is 0 Å². The van der Waals surface area contributed by atoms with E-state index in [0.717, 1.165) is 0 Å². The number of aliphatic carboxylic acids is 1. The minimum Gasteiger partial charge on any atom is -0.481 e. The molecule has 0 spiro atoms. The first-order valence-electron chi connectivity index (χ1n) is 6.28. The number of anilines is 1. The summed E-state index contributed by atoms with van der Waals surface area (Å²) < 4.78 is 0. The molecule has 1 aromatic rings. The number of benzene rings is 1. The number of carbonyl (C=O) groups excluding carboxylic acids is 1. The molecular weight excluding hydrogens is 256 g/mol. The molecule has 0 aromatic heterocycles. The largest absolute Gasteiger partial charge is 0.481 e. The smallest absolute Gasteiger partial charge is 0.319 e. The highest BCUT2D eigenvalue weighted by molar-refractivity contribution is 5.90. The molecule has 0 aliphatic rings. The molecule has 0 saturated carbocycles. The fourth-order valence-corrected chi connectivity index (χ4v) is 1.66. The minimum absolute atomic E-state index is 0.0221. The van der Waals surface area contributed by atoms with E-state index in [1.165, 1.54) is 0 Å². The second-order valence-electron chi connectivity index (χ2n) is 4.77. The van der Waals surface area contributed by atoms with E-state index < -0.39 is 18.0 Å². The molecule has 0 fully saturated rings. The normalized spacial score (nSPS) is 11.5. The third-order valence-electron chi connectivity index (χ3n) is 2.80. The Morgan fingerprint density at radius 2 is 2.10 bits per heavy atom. The van der Waals surface area contributed by atoms with Crippen molar-refractivity contribution in [3.63, 3.8) is 0 Å². The number of amides is 2. The van der Waals surface area contributed by atoms with Crippen LogP contribution >= 0.6 is 0 Å². The lowest BCUT2D eigenvalue weighted by Gasteiger charge is -2.20. The van der Waals surface area contributed by atoms with Gasteiger partial charge in [0.1, 0.15) is 0 Å². The maximum absolute atomic E-state index is 11.8. The van der Waals surface area contributed by atoms with Crippen LogP contribution < -0.4 is 10.6 Å². The fourth-order valence-electron chi connectivity index (χ4n) is 1.66. The monoisotopic (exact) mass is 274 g/mol. The minimum atomic E-state index is -0.946. The van der Waals surface area contributed by atoms with Crippen molar-refractivity contribution < 1.29 is 14.7 Å². The standard InChI is InChI=1S/C15H18N2O3/c1-4-11-6-5-7-12(8-11)16-15(20)17-13(10(2)3)9-14(18)19/h1,5-8,10,13H,9H2,2-3H3,(H,18,19)(H2,16,17,20). The van der Waals surface area contributed by atoms with Gasteiger partial charge in [0.15, 0.2) is 0 Å². The van der Waals surface area contributed by atoms with Crippen LogP contribution in [0.4, 0.5) is 10.5 Å². The Labute approximate surface area is 118 Å². The highest BCUT2D eigenvalue weighted by atomic mass is 16.4. The number of carbonyl (C=O) groups is 2. The maximum atomic E-state index is 11.8. The van der Waals surface area contributed by atoms with Gasteiger partial charge < -0.3 is 15.7 Å². The van der Waals surface area contributed by atoms with Crippen molar-refractivity contribution in [3.05, 3.63) is 29.8 Å². The van der Waals surface area contributed by atoms with E-state index in [2.05, 4.69) is 16.6 Å². The summed E-state index contributed by atoms with van der Waals surface area (Å²) in [5.41, 5.74) is 1.23. The first kappa shape index (κ1) is 15.6. The van der Waals surface area contributed by atoms with Crippen LogP contribution in [-0.4, -0.2) is 23.1 Å². The quantitative estimate of drug-likeness (QED) is 0.721. The molecule has 0 radical (unpaired) electrons. The molecule has 0 heterocycles. The molecule has 0 aliphatic carbocycles. The van der Waals surface area contributed by atoms with Crippen LogP contribution in [-0.2, 0) is 4.79 Å². The third kappa shape index (κ3) is 5.02. The maximum Gasteiger partial charge on any atom is 0.319 e. The Hall–Kier alpha value is -2.48. The summed E-state index contributed by atoms with van der Waals surface area (Å²) in [4.78, 5) is 22.6. The third-order valence-corrected chi connectivity index (χ3v) is 2.80. The fraction of sp³-hybridized carbons (Fsp3) is 0.333. The van der Waals surface area contributed by atoms with E-state index in [4.69, 9.17) is 11.5 Å². The predicted octanol–water partition coefficient (Wildman–Crippen LogP) is 2.29. The van der Waals surface area contributed by atoms with Gasteiger partial charge in [-0.3, -0.25) is 4.79 Å². The Balaban J connectivity index is 2.65. The molecule has 106 valence electrons. The zero-order valence-corrected chi connectivity index (χ0v) is 11.5. The number of rotatable bonds is 5. The van der Waals surface area contributed by atoms with Gasteiger partial charge in [-0.1, -0.05) is 25.8 Å². The zero-order valence-electron chi connectivity index (χ0n) is 11.5. The van der Waals surface area contributed by atoms with Crippen molar-refractivity contribution in [1.29, 1.82) is 0 Å². The Morgan fingerprint density at radius 1 is 1.40 bits per heavy atom. The number of terminal acetylenes is 1. The molecule has 0 aliphatic heterocycles. The van der Waals surface area contributed by atoms with E-state index in [1.54, 1.807) is 24.3 Å². The zero-order chi connectivity index (χ0) is 15.1. The summed E-state index contributed by atoms with van der Waals surface area (Å²) >= 11 is 0. The van der Waals surface area contributed by atoms with Crippen LogP contribution in [0.15, 0.2) is 24.3 Å². The lowest BCUT2D eigenvalue weighted by Crippen LogP contribution is -2.42. The van der Waals surface area contributed by atoms with Crippen LogP contribution in [0, 0.1) is 18.3 Å². The molecule has 1 rings (SSSR count). The van der Waals surface area contributed by atoms with Crippen LogP contribution in [0.5, 0.6) is 0 Å². The van der Waals surface area contributed by atoms with Crippen molar-refractivity contribution in [2.75, 3.05) is 5.32 Å². The van der Waals surface area contributed by atoms with Crippen LogP contribution in [0.25, 0.3) is 0 Å². The Bertz CT molecular complexity index is 532. The average Bonchev–Trinajstić information content (AvgIpc) is 2.37. The summed E-state index contributed by atoms with van der Waals surface area (Å²) in [6.45, 7) is 3.71. The summed E-state index contributed by atoms with van der Waals surface area (Å²) in [5, 5.41) is 14.1. The molecule has 1 aromatic carbocycles. The number of hydrogen-bond donors (Lipinski definition) is 3. The predicted molar refractivity (Wildman–Crippen MR) is 77.4 cm³/mol. The van der Waals surface area contributed by atoms with Crippen LogP contribution in [0.3, 0.4) is 0 Å². The topological polar surface area (TPSA) is 78.4 Å². The van der Waals surface area contributed by atoms with Gasteiger partial charge in [0, 0.05) is 17.3 Å². The number of carboxylic acid groups (broad SMARTS) is 1. The number of urea groups is 1. The average molecular weight is 274 g/mol. The summed E-state index contributed by atoms with van der Waals surface area (Å²) in [5.74, 6) is 1.55. The Kier molecular flexibility index (Phi) is 5.60. The lowest BCUT2D eigenvalue weighted by molar-refractivity contribution is -0.137. The van der Waals surface area contributed by atoms with Gasteiger partial charge in [-0.15, -0.1) is 6.42 Å². The van der Waals surface area contributed by atoms with E-state index in [9.17, 15) is 9.59 Å². The second kappa shape index (κ2) is 7.19. The van der Waals surface area contributed by atoms with Gasteiger partial charge in [-0.05, 0) is 24.1 Å². The molecular formula is C15H18N2O3. The van der Waals surface area contributed by atoms with Gasteiger partial charge in [0.2, 0.25) is 0 Å². The SMILES string of the molecule is C#Cc1cccc(NC(=O)NC(CC(=O)O)C(C)C)c1. The van der Waals surface area contributed by atoms with Crippen molar-refractivity contribution in [3.8, 4) is 12.3 Å². The number of carboxylic acids is 1. The van der Waals surface area contributed by atoms with E-state index in [-0.39, 0.29) is 12.3 Å². The van der Waals surface area contributed by atoms with E-state index in [0.29, 0.717) is 11.3 Å². The van der Waals surface area contributed by atoms with Gasteiger partial charge in [0.05, 0.1) is 6.42 Å². The summed E-state index contributed by atoms with van der Waals surface area (Å²) in [6, 6.07) is 6.00. The summed E-state index contributed by atoms with van der Waals surface area (Å²) in [7, 11) is 0. The number of nitrogens with one attached hydrogen (secondary N) is 2. The lowest BCUT2D eigenvalue weighted by atomic mass is 10.0. The molecule has 1 unspecified atom stereocenters. The van der Waals surface area contributed by atoms with Crippen molar-refractivity contribution in [2.24, 2.45) is 5.92 Å². The first-order chi connectivity index (χ1) is 9.42. The van der Waals surface area contributed by atoms with Crippen molar-refractivity contribution >= 4 is 17.7 Å². The first-order valence-corrected chi connectivity index (χ1v) is 6.28. The van der Waals surface area contributed by atoms with Crippen molar-refractivity contribution in [2.45, 2.75) is 26.3 Å². The highest BCUT2D eigenvalue weighted by Gasteiger charge is 2.19. The van der Waals surface area contributed by atoms with Crippen molar-refractivity contribution in [1.82, 2.24) is 5.32 Å². The highest BCUT2D eigenvalue weighted by Crippen LogP contribution is 2.11. The van der Waals surface area contributed by atoms with Gasteiger partial charge in [-0.25, -0.2) is 4.79 Å². The molecule has 3 N–H and O–H groups in total. The molecule has 1 atom stereocenters. The second-order valence-corrected chi connectivity index (χ2v) is 4.77. The Morgan fingerprint density at radius 3 is 2.65 bits per heavy atom. The molecule has 0 saturated heterocycles. The van der Waals surface area contributed by atoms with E-state index in [1.807, 2.05) is 13.8 Å². The molecule has 5 nitrogen and oxygen atoms in total. The van der Waals surface area contributed by atoms with Crippen LogP contribution in [0.1, 0.15) is 25.8 Å². The molecule has 20 heavy (non-hydrogen) atoms. The molecule has 0 bridgehead atoms. The number of hydrogen-bond acceptors (Lipinski definition) is 2. The molecule has 5 heteroatoms. The van der Waals surface area contributed by atoms with Gasteiger partial charge in [0.25, 0.3) is 0 Å². The molecule has 2 amide bonds. The summed E-state index contributed by atoms with van der Waals surface area (Å²) in [6.07, 6.45) is 5.17. The van der Waals surface area contributed by atoms with Gasteiger partial charge >= 0.3 is 12.0 Å².